The Morgan fingerprint density at radius 3 is 2.52 bits per heavy atom. The van der Waals surface area contributed by atoms with Gasteiger partial charge in [0, 0.05) is 23.7 Å². The first-order valence-electron chi connectivity index (χ1n) is 9.20. The van der Waals surface area contributed by atoms with Gasteiger partial charge in [0.05, 0.1) is 27.9 Å². The minimum atomic E-state index is -4.61. The van der Waals surface area contributed by atoms with E-state index in [-0.39, 0.29) is 27.7 Å². The lowest BCUT2D eigenvalue weighted by Crippen LogP contribution is -2.09. The molecule has 0 aliphatic carbocycles. The fraction of sp³-hybridized carbons (Fsp3) is 0.250. The first-order valence-corrected chi connectivity index (χ1v) is 11.7. The van der Waals surface area contributed by atoms with Gasteiger partial charge in [-0.15, -0.1) is 11.3 Å². The molecule has 0 aliphatic heterocycles. The van der Waals surface area contributed by atoms with Gasteiger partial charge in [0.1, 0.15) is 11.4 Å². The highest BCUT2D eigenvalue weighted by Gasteiger charge is 2.33. The highest BCUT2D eigenvalue weighted by molar-refractivity contribution is 7.91. The van der Waals surface area contributed by atoms with Crippen LogP contribution in [-0.2, 0) is 23.1 Å². The third-order valence-corrected chi connectivity index (χ3v) is 7.77. The monoisotopic (exact) mass is 466 g/mol. The maximum Gasteiger partial charge on any atom is 0.433 e. The second-order valence-corrected chi connectivity index (χ2v) is 10.1. The van der Waals surface area contributed by atoms with E-state index in [2.05, 4.69) is 15.0 Å². The summed E-state index contributed by atoms with van der Waals surface area (Å²) in [5.41, 5.74) is 1.06. The standard InChI is InChI=1S/C20H17F3N4O2S2/c1-4-31(28,29)15-7-12(18-11(2)5-6-30-18)9-25-17(15)19-26-13-8-16(20(21,22)23)24-10-14(13)27(19)3/h5-10H,4H2,1-3H3. The molecule has 31 heavy (non-hydrogen) atoms. The average Bonchev–Trinajstić information content (AvgIpc) is 3.30. The first-order chi connectivity index (χ1) is 14.5. The van der Waals surface area contributed by atoms with E-state index in [4.69, 9.17) is 0 Å². The van der Waals surface area contributed by atoms with E-state index in [0.717, 1.165) is 22.7 Å². The Hall–Kier alpha value is -2.79. The molecule has 4 aromatic heterocycles. The fourth-order valence-corrected chi connectivity index (χ4v) is 5.22. The van der Waals surface area contributed by atoms with Gasteiger partial charge in [-0.25, -0.2) is 18.4 Å². The van der Waals surface area contributed by atoms with Gasteiger partial charge in [-0.1, -0.05) is 6.92 Å². The van der Waals surface area contributed by atoms with Gasteiger partial charge in [-0.2, -0.15) is 13.2 Å². The van der Waals surface area contributed by atoms with Crippen LogP contribution in [0.1, 0.15) is 18.2 Å². The summed E-state index contributed by atoms with van der Waals surface area (Å²) in [7, 11) is -2.11. The molecule has 4 aromatic rings. The van der Waals surface area contributed by atoms with E-state index >= 15 is 0 Å². The zero-order valence-electron chi connectivity index (χ0n) is 16.7. The zero-order valence-corrected chi connectivity index (χ0v) is 18.4. The average molecular weight is 467 g/mol. The second kappa shape index (κ2) is 7.41. The molecule has 0 radical (unpaired) electrons. The van der Waals surface area contributed by atoms with Crippen LogP contribution in [0, 0.1) is 6.92 Å². The summed E-state index contributed by atoms with van der Waals surface area (Å²) in [4.78, 5) is 13.0. The van der Waals surface area contributed by atoms with Crippen molar-refractivity contribution in [3.05, 3.63) is 47.2 Å². The predicted octanol–water partition coefficient (Wildman–Crippen LogP) is 4.88. The molecule has 11 heteroatoms. The van der Waals surface area contributed by atoms with Crippen molar-refractivity contribution in [3.63, 3.8) is 0 Å². The largest absolute Gasteiger partial charge is 0.433 e. The number of thiophene rings is 1. The van der Waals surface area contributed by atoms with E-state index in [1.807, 2.05) is 18.4 Å². The van der Waals surface area contributed by atoms with Gasteiger partial charge in [-0.05, 0) is 36.1 Å². The number of halogens is 3. The van der Waals surface area contributed by atoms with E-state index in [0.29, 0.717) is 11.1 Å². The predicted molar refractivity (Wildman–Crippen MR) is 113 cm³/mol. The Kier molecular flexibility index (Phi) is 5.13. The van der Waals surface area contributed by atoms with Crippen molar-refractivity contribution < 1.29 is 21.6 Å². The summed E-state index contributed by atoms with van der Waals surface area (Å²) >= 11 is 1.47. The first kappa shape index (κ1) is 21.4. The van der Waals surface area contributed by atoms with Gasteiger partial charge in [0.25, 0.3) is 0 Å². The third-order valence-electron chi connectivity index (χ3n) is 4.96. The minimum absolute atomic E-state index is 0.0114. The summed E-state index contributed by atoms with van der Waals surface area (Å²) in [6, 6.07) is 4.33. The number of alkyl halides is 3. The number of rotatable bonds is 4. The summed E-state index contributed by atoms with van der Waals surface area (Å²) in [5, 5.41) is 1.91. The molecule has 6 nitrogen and oxygen atoms in total. The molecule has 0 saturated carbocycles. The smallest absolute Gasteiger partial charge is 0.324 e. The highest BCUT2D eigenvalue weighted by Crippen LogP contribution is 2.35. The molecule has 0 aromatic carbocycles. The molecule has 0 spiro atoms. The number of hydrogen-bond donors (Lipinski definition) is 0. The lowest BCUT2D eigenvalue weighted by atomic mass is 10.1. The molecule has 0 fully saturated rings. The lowest BCUT2D eigenvalue weighted by Gasteiger charge is -2.11. The van der Waals surface area contributed by atoms with E-state index in [1.54, 1.807) is 19.3 Å². The van der Waals surface area contributed by atoms with Crippen molar-refractivity contribution >= 4 is 32.2 Å². The van der Waals surface area contributed by atoms with E-state index < -0.39 is 21.7 Å². The Balaban J connectivity index is 1.96. The molecule has 4 rings (SSSR count). The van der Waals surface area contributed by atoms with Crippen molar-refractivity contribution in [1.82, 2.24) is 19.5 Å². The number of fused-ring (bicyclic) bond motifs is 1. The lowest BCUT2D eigenvalue weighted by molar-refractivity contribution is -0.141. The molecule has 0 saturated heterocycles. The summed E-state index contributed by atoms with van der Waals surface area (Å²) in [5.74, 6) is -0.00393. The number of hydrogen-bond acceptors (Lipinski definition) is 6. The van der Waals surface area contributed by atoms with Gasteiger partial charge in [-0.3, -0.25) is 4.98 Å². The van der Waals surface area contributed by atoms with Crippen molar-refractivity contribution in [1.29, 1.82) is 0 Å². The molecule has 0 N–H and O–H groups in total. The Morgan fingerprint density at radius 1 is 1.16 bits per heavy atom. The van der Waals surface area contributed by atoms with Gasteiger partial charge in [0.2, 0.25) is 0 Å². The van der Waals surface area contributed by atoms with Crippen molar-refractivity contribution in [2.45, 2.75) is 24.9 Å². The Bertz CT molecular complexity index is 1410. The highest BCUT2D eigenvalue weighted by atomic mass is 32.2. The molecular weight excluding hydrogens is 449 g/mol. The Morgan fingerprint density at radius 2 is 1.90 bits per heavy atom. The number of aromatic nitrogens is 4. The van der Waals surface area contributed by atoms with Crippen molar-refractivity contribution in [2.75, 3.05) is 5.75 Å². The number of nitrogens with zero attached hydrogens (tertiary/aromatic N) is 4. The maximum atomic E-state index is 13.0. The normalized spacial score (nSPS) is 12.6. The number of imidazole rings is 1. The van der Waals surface area contributed by atoms with Crippen LogP contribution in [0.2, 0.25) is 0 Å². The Labute approximate surface area is 180 Å². The van der Waals surface area contributed by atoms with Crippen LogP contribution in [-0.4, -0.2) is 33.7 Å². The number of aryl methyl sites for hydroxylation is 2. The SMILES string of the molecule is CCS(=O)(=O)c1cc(-c2sccc2C)cnc1-c1nc2cc(C(F)(F)F)ncc2n1C. The third kappa shape index (κ3) is 3.72. The van der Waals surface area contributed by atoms with Gasteiger partial charge >= 0.3 is 6.18 Å². The molecular formula is C20H17F3N4O2S2. The van der Waals surface area contributed by atoms with Gasteiger partial charge < -0.3 is 4.57 Å². The summed E-state index contributed by atoms with van der Waals surface area (Å²) < 4.78 is 66.4. The summed E-state index contributed by atoms with van der Waals surface area (Å²) in [6.45, 7) is 3.45. The zero-order chi connectivity index (χ0) is 22.6. The summed E-state index contributed by atoms with van der Waals surface area (Å²) in [6.07, 6.45) is -1.98. The van der Waals surface area contributed by atoms with Crippen LogP contribution in [0.4, 0.5) is 13.2 Å². The van der Waals surface area contributed by atoms with Gasteiger partial charge in [0.15, 0.2) is 15.7 Å². The van der Waals surface area contributed by atoms with E-state index in [9.17, 15) is 21.6 Å². The van der Waals surface area contributed by atoms with Crippen molar-refractivity contribution in [3.8, 4) is 22.0 Å². The van der Waals surface area contributed by atoms with Crippen LogP contribution in [0.5, 0.6) is 0 Å². The van der Waals surface area contributed by atoms with Crippen LogP contribution >= 0.6 is 11.3 Å². The van der Waals surface area contributed by atoms with Crippen molar-refractivity contribution in [2.24, 2.45) is 7.05 Å². The number of pyridine rings is 2. The van der Waals surface area contributed by atoms with Crippen LogP contribution in [0.25, 0.3) is 33.0 Å². The quantitative estimate of drug-likeness (QED) is 0.428. The van der Waals surface area contributed by atoms with Crippen LogP contribution in [0.3, 0.4) is 0 Å². The molecule has 162 valence electrons. The second-order valence-electron chi connectivity index (χ2n) is 6.96. The molecule has 0 aliphatic rings. The van der Waals surface area contributed by atoms with E-state index in [1.165, 1.54) is 22.8 Å². The molecule has 0 amide bonds. The number of sulfone groups is 1. The van der Waals surface area contributed by atoms with Crippen LogP contribution < -0.4 is 0 Å². The molecule has 0 unspecified atom stereocenters. The molecule has 4 heterocycles. The molecule has 0 bridgehead atoms. The topological polar surface area (TPSA) is 77.7 Å². The fourth-order valence-electron chi connectivity index (χ4n) is 3.25. The maximum absolute atomic E-state index is 13.0. The minimum Gasteiger partial charge on any atom is -0.324 e. The van der Waals surface area contributed by atoms with Crippen LogP contribution in [0.15, 0.2) is 40.9 Å². The molecule has 0 atom stereocenters.